The van der Waals surface area contributed by atoms with E-state index in [1.165, 1.54) is 6.07 Å². The van der Waals surface area contributed by atoms with Gasteiger partial charge < -0.3 is 10.6 Å². The van der Waals surface area contributed by atoms with Crippen LogP contribution >= 0.6 is 35.4 Å². The van der Waals surface area contributed by atoms with E-state index in [9.17, 15) is 4.39 Å². The summed E-state index contributed by atoms with van der Waals surface area (Å²) in [6, 6.07) is 4.63. The summed E-state index contributed by atoms with van der Waals surface area (Å²) in [5, 5.41) is 16.5. The van der Waals surface area contributed by atoms with Crippen molar-refractivity contribution >= 4 is 46.2 Å². The number of anilines is 1. The van der Waals surface area contributed by atoms with Gasteiger partial charge in [-0.3, -0.25) is 9.36 Å². The molecule has 29 heavy (non-hydrogen) atoms. The molecule has 0 amide bonds. The van der Waals surface area contributed by atoms with Gasteiger partial charge in [-0.2, -0.15) is 10.2 Å². The number of hydrogen-bond acceptors (Lipinski definition) is 3. The number of thiocarbonyl (C=S) groups is 1. The Morgan fingerprint density at radius 2 is 1.97 bits per heavy atom. The first-order valence-electron chi connectivity index (χ1n) is 9.03. The van der Waals surface area contributed by atoms with Crippen LogP contribution in [0.5, 0.6) is 0 Å². The molecule has 0 saturated heterocycles. The van der Waals surface area contributed by atoms with Crippen LogP contribution in [0.1, 0.15) is 29.6 Å². The van der Waals surface area contributed by atoms with Crippen molar-refractivity contribution in [3.63, 3.8) is 0 Å². The third-order valence-electron chi connectivity index (χ3n) is 4.52. The fraction of sp³-hybridized carbons (Fsp3) is 0.316. The quantitative estimate of drug-likeness (QED) is 0.528. The summed E-state index contributed by atoms with van der Waals surface area (Å²) < 4.78 is 17.6. The average molecular weight is 455 g/mol. The number of benzene rings is 1. The lowest BCUT2D eigenvalue weighted by atomic mass is 10.2. The SMILES string of the molecule is CCn1cc(Cl)c(CNC(=S)Nc2c(C)nn(Cc3c(F)cccc3Cl)c2C)n1. The van der Waals surface area contributed by atoms with Gasteiger partial charge in [0.25, 0.3) is 0 Å². The number of nitrogens with one attached hydrogen (secondary N) is 2. The maximum atomic E-state index is 14.1. The molecule has 10 heteroatoms. The van der Waals surface area contributed by atoms with Crippen LogP contribution in [0.15, 0.2) is 24.4 Å². The summed E-state index contributed by atoms with van der Waals surface area (Å²) >= 11 is 17.7. The van der Waals surface area contributed by atoms with Gasteiger partial charge in [-0.25, -0.2) is 4.39 Å². The largest absolute Gasteiger partial charge is 0.357 e. The van der Waals surface area contributed by atoms with Crippen molar-refractivity contribution in [2.75, 3.05) is 5.32 Å². The molecule has 154 valence electrons. The van der Waals surface area contributed by atoms with Gasteiger partial charge in [-0.05, 0) is 45.1 Å². The summed E-state index contributed by atoms with van der Waals surface area (Å²) in [5.74, 6) is -0.361. The van der Waals surface area contributed by atoms with E-state index < -0.39 is 0 Å². The second-order valence-corrected chi connectivity index (χ2v) is 7.71. The highest BCUT2D eigenvalue weighted by molar-refractivity contribution is 7.80. The van der Waals surface area contributed by atoms with Crippen LogP contribution in [0, 0.1) is 19.7 Å². The van der Waals surface area contributed by atoms with E-state index in [-0.39, 0.29) is 12.4 Å². The number of aromatic nitrogens is 4. The summed E-state index contributed by atoms with van der Waals surface area (Å²) in [6.45, 7) is 7.10. The molecule has 0 bridgehead atoms. The fourth-order valence-corrected chi connectivity index (χ4v) is 3.52. The molecule has 0 radical (unpaired) electrons. The molecule has 2 heterocycles. The molecule has 2 aromatic heterocycles. The van der Waals surface area contributed by atoms with Gasteiger partial charge in [0.2, 0.25) is 0 Å². The summed E-state index contributed by atoms with van der Waals surface area (Å²) in [6.07, 6.45) is 1.78. The lowest BCUT2D eigenvalue weighted by Gasteiger charge is -2.11. The third-order valence-corrected chi connectivity index (χ3v) is 5.43. The highest BCUT2D eigenvalue weighted by atomic mass is 35.5. The minimum atomic E-state index is -0.361. The average Bonchev–Trinajstić information content (AvgIpc) is 3.17. The van der Waals surface area contributed by atoms with Crippen molar-refractivity contribution in [3.8, 4) is 0 Å². The Morgan fingerprint density at radius 3 is 2.62 bits per heavy atom. The molecule has 0 unspecified atom stereocenters. The van der Waals surface area contributed by atoms with E-state index in [0.717, 1.165) is 29.3 Å². The number of hydrogen-bond donors (Lipinski definition) is 2. The molecule has 0 aliphatic heterocycles. The minimum Gasteiger partial charge on any atom is -0.357 e. The maximum Gasteiger partial charge on any atom is 0.171 e. The van der Waals surface area contributed by atoms with Crippen molar-refractivity contribution in [1.82, 2.24) is 24.9 Å². The Bertz CT molecular complexity index is 1030. The van der Waals surface area contributed by atoms with E-state index in [1.54, 1.807) is 27.7 Å². The van der Waals surface area contributed by atoms with E-state index >= 15 is 0 Å². The summed E-state index contributed by atoms with van der Waals surface area (Å²) in [5.41, 5.74) is 3.44. The van der Waals surface area contributed by atoms with Crippen molar-refractivity contribution in [2.45, 2.75) is 40.4 Å². The second-order valence-electron chi connectivity index (χ2n) is 6.49. The van der Waals surface area contributed by atoms with Gasteiger partial charge in [-0.15, -0.1) is 0 Å². The van der Waals surface area contributed by atoms with Crippen molar-refractivity contribution in [1.29, 1.82) is 0 Å². The lowest BCUT2D eigenvalue weighted by Crippen LogP contribution is -2.28. The second kappa shape index (κ2) is 9.11. The molecule has 2 N–H and O–H groups in total. The zero-order valence-electron chi connectivity index (χ0n) is 16.3. The molecule has 3 aromatic rings. The Balaban J connectivity index is 1.69. The van der Waals surface area contributed by atoms with E-state index in [0.29, 0.717) is 27.3 Å². The third kappa shape index (κ3) is 4.88. The van der Waals surface area contributed by atoms with E-state index in [1.807, 2.05) is 20.8 Å². The van der Waals surface area contributed by atoms with Crippen LogP contribution < -0.4 is 10.6 Å². The molecule has 0 spiro atoms. The Kier molecular flexibility index (Phi) is 6.77. The molecule has 0 fully saturated rings. The monoisotopic (exact) mass is 454 g/mol. The Labute approximate surface area is 184 Å². The Morgan fingerprint density at radius 1 is 1.21 bits per heavy atom. The molecule has 0 aliphatic rings. The first-order chi connectivity index (χ1) is 13.8. The highest BCUT2D eigenvalue weighted by Crippen LogP contribution is 2.24. The van der Waals surface area contributed by atoms with Crippen LogP contribution in [0.25, 0.3) is 0 Å². The van der Waals surface area contributed by atoms with Crippen molar-refractivity contribution < 1.29 is 4.39 Å². The van der Waals surface area contributed by atoms with Crippen LogP contribution in [0.3, 0.4) is 0 Å². The summed E-state index contributed by atoms with van der Waals surface area (Å²) in [7, 11) is 0. The van der Waals surface area contributed by atoms with Crippen LogP contribution in [-0.4, -0.2) is 24.7 Å². The predicted molar refractivity (Wildman–Crippen MR) is 118 cm³/mol. The highest BCUT2D eigenvalue weighted by Gasteiger charge is 2.16. The molecule has 6 nitrogen and oxygen atoms in total. The predicted octanol–water partition coefficient (Wildman–Crippen LogP) is 4.70. The van der Waals surface area contributed by atoms with Gasteiger partial charge in [0.15, 0.2) is 5.11 Å². The Hall–Kier alpha value is -2.16. The van der Waals surface area contributed by atoms with E-state index in [2.05, 4.69) is 20.8 Å². The van der Waals surface area contributed by atoms with Gasteiger partial charge in [-0.1, -0.05) is 29.3 Å². The number of halogens is 3. The zero-order chi connectivity index (χ0) is 21.1. The number of rotatable bonds is 6. The standard InChI is InChI=1S/C19H21Cl2FN6S/c1-4-27-10-15(21)17(26-27)8-23-19(29)24-18-11(2)25-28(12(18)3)9-13-14(20)6-5-7-16(13)22/h5-7,10H,4,8-9H2,1-3H3,(H2,23,24,29). The molecule has 0 saturated carbocycles. The first-order valence-corrected chi connectivity index (χ1v) is 10.2. The molecule has 0 aliphatic carbocycles. The van der Waals surface area contributed by atoms with Crippen molar-refractivity contribution in [2.24, 2.45) is 0 Å². The minimum absolute atomic E-state index is 0.226. The van der Waals surface area contributed by atoms with Crippen LogP contribution in [0.4, 0.5) is 10.1 Å². The van der Waals surface area contributed by atoms with Gasteiger partial charge in [0.05, 0.1) is 35.2 Å². The number of aryl methyl sites for hydroxylation is 2. The summed E-state index contributed by atoms with van der Waals surface area (Å²) in [4.78, 5) is 0. The molecule has 3 rings (SSSR count). The van der Waals surface area contributed by atoms with Gasteiger partial charge in [0.1, 0.15) is 11.5 Å². The first kappa shape index (κ1) is 21.5. The van der Waals surface area contributed by atoms with Crippen LogP contribution in [-0.2, 0) is 19.6 Å². The maximum absolute atomic E-state index is 14.1. The van der Waals surface area contributed by atoms with Crippen molar-refractivity contribution in [3.05, 3.63) is 62.9 Å². The lowest BCUT2D eigenvalue weighted by molar-refractivity contribution is 0.579. The van der Waals surface area contributed by atoms with Gasteiger partial charge >= 0.3 is 0 Å². The number of nitrogens with zero attached hydrogens (tertiary/aromatic N) is 4. The molecular weight excluding hydrogens is 434 g/mol. The topological polar surface area (TPSA) is 59.7 Å². The zero-order valence-corrected chi connectivity index (χ0v) is 18.6. The fourth-order valence-electron chi connectivity index (χ4n) is 2.91. The van der Waals surface area contributed by atoms with E-state index in [4.69, 9.17) is 35.4 Å². The van der Waals surface area contributed by atoms with Gasteiger partial charge in [0, 0.05) is 23.3 Å². The van der Waals surface area contributed by atoms with Crippen LogP contribution in [0.2, 0.25) is 10.0 Å². The molecular formula is C19H21Cl2FN6S. The smallest absolute Gasteiger partial charge is 0.171 e. The molecule has 0 atom stereocenters. The molecule has 1 aromatic carbocycles. The normalized spacial score (nSPS) is 11.0.